The van der Waals surface area contributed by atoms with Crippen LogP contribution in [0.5, 0.6) is 0 Å². The predicted molar refractivity (Wildman–Crippen MR) is 210 cm³/mol. The van der Waals surface area contributed by atoms with Gasteiger partial charge in [0.2, 0.25) is 0 Å². The Morgan fingerprint density at radius 3 is 1.61 bits per heavy atom. The van der Waals surface area contributed by atoms with Gasteiger partial charge >= 0.3 is 19.8 Å². The largest absolute Gasteiger partial charge is 0.472 e. The van der Waals surface area contributed by atoms with Crippen LogP contribution in [0.1, 0.15) is 168 Å². The molecule has 0 spiro atoms. The van der Waals surface area contributed by atoms with Gasteiger partial charge in [0.15, 0.2) is 6.10 Å². The normalized spacial score (nSPS) is 13.9. The van der Waals surface area contributed by atoms with Crippen LogP contribution in [0.2, 0.25) is 0 Å². The van der Waals surface area contributed by atoms with Crippen LogP contribution in [-0.4, -0.2) is 49.3 Å². The zero-order valence-corrected chi connectivity index (χ0v) is 33.2. The molecule has 0 radical (unpaired) electrons. The Balaban J connectivity index is 4.28. The Morgan fingerprint density at radius 2 is 1.02 bits per heavy atom. The fourth-order valence-electron chi connectivity index (χ4n) is 5.16. The van der Waals surface area contributed by atoms with Gasteiger partial charge in [-0.25, -0.2) is 4.57 Å². The van der Waals surface area contributed by atoms with Crippen LogP contribution in [0.25, 0.3) is 0 Å². The predicted octanol–water partition coefficient (Wildman–Crippen LogP) is 11.2. The molecule has 0 rings (SSSR count). The third-order valence-electron chi connectivity index (χ3n) is 8.19. The van der Waals surface area contributed by atoms with Crippen LogP contribution in [-0.2, 0) is 32.7 Å². The molecule has 1 unspecified atom stereocenters. The van der Waals surface area contributed by atoms with Crippen LogP contribution < -0.4 is 5.73 Å². The minimum Gasteiger partial charge on any atom is -0.462 e. The fraction of sp³-hybridized carbons (Fsp3) is 0.756. The smallest absolute Gasteiger partial charge is 0.462 e. The van der Waals surface area contributed by atoms with Gasteiger partial charge in [-0.05, 0) is 77.0 Å². The van der Waals surface area contributed by atoms with Gasteiger partial charge in [-0.2, -0.15) is 0 Å². The van der Waals surface area contributed by atoms with Crippen molar-refractivity contribution in [2.45, 2.75) is 174 Å². The van der Waals surface area contributed by atoms with Crippen molar-refractivity contribution in [3.05, 3.63) is 48.6 Å². The van der Waals surface area contributed by atoms with Gasteiger partial charge in [0.25, 0.3) is 0 Å². The fourth-order valence-corrected chi connectivity index (χ4v) is 5.93. The summed E-state index contributed by atoms with van der Waals surface area (Å²) in [5, 5.41) is 0. The lowest BCUT2D eigenvalue weighted by Crippen LogP contribution is -2.29. The maximum atomic E-state index is 12.5. The van der Waals surface area contributed by atoms with Crippen molar-refractivity contribution in [3.8, 4) is 0 Å². The summed E-state index contributed by atoms with van der Waals surface area (Å²) in [6.07, 6.45) is 41.4. The van der Waals surface area contributed by atoms with E-state index in [1.807, 2.05) is 0 Å². The number of hydrogen-bond acceptors (Lipinski definition) is 8. The first-order chi connectivity index (χ1) is 24.8. The molecule has 51 heavy (non-hydrogen) atoms. The first-order valence-corrected chi connectivity index (χ1v) is 21.6. The first kappa shape index (κ1) is 49.0. The summed E-state index contributed by atoms with van der Waals surface area (Å²) in [7, 11) is -4.38. The zero-order valence-electron chi connectivity index (χ0n) is 32.3. The monoisotopic (exact) mass is 740 g/mol. The van der Waals surface area contributed by atoms with Crippen LogP contribution >= 0.6 is 7.82 Å². The summed E-state index contributed by atoms with van der Waals surface area (Å²) in [4.78, 5) is 34.7. The second kappa shape index (κ2) is 37.7. The van der Waals surface area contributed by atoms with Gasteiger partial charge < -0.3 is 20.1 Å². The summed E-state index contributed by atoms with van der Waals surface area (Å²) in [6.45, 7) is 3.63. The number of hydrogen-bond donors (Lipinski definition) is 2. The van der Waals surface area contributed by atoms with Crippen LogP contribution in [0.15, 0.2) is 48.6 Å². The van der Waals surface area contributed by atoms with Crippen LogP contribution in [0.3, 0.4) is 0 Å². The molecule has 0 amide bonds. The van der Waals surface area contributed by atoms with E-state index in [-0.39, 0.29) is 32.6 Å². The molecule has 2 atom stereocenters. The average molecular weight is 740 g/mol. The molecule has 0 aliphatic carbocycles. The molecule has 0 saturated carbocycles. The highest BCUT2D eigenvalue weighted by atomic mass is 31.2. The Kier molecular flexibility index (Phi) is 36.2. The Hall–Kier alpha value is -2.03. The molecule has 0 bridgehead atoms. The Bertz CT molecular complexity index is 981. The number of phosphoric acid groups is 1. The van der Waals surface area contributed by atoms with E-state index in [0.29, 0.717) is 6.42 Å². The zero-order chi connectivity index (χ0) is 37.5. The summed E-state index contributed by atoms with van der Waals surface area (Å²) >= 11 is 0. The van der Waals surface area contributed by atoms with Crippen molar-refractivity contribution >= 4 is 19.8 Å². The van der Waals surface area contributed by atoms with Crippen molar-refractivity contribution in [2.24, 2.45) is 5.73 Å². The van der Waals surface area contributed by atoms with Crippen molar-refractivity contribution in [1.82, 2.24) is 0 Å². The van der Waals surface area contributed by atoms with Crippen molar-refractivity contribution in [1.29, 1.82) is 0 Å². The topological polar surface area (TPSA) is 134 Å². The molecule has 10 heteroatoms. The van der Waals surface area contributed by atoms with Gasteiger partial charge in [-0.3, -0.25) is 18.6 Å². The minimum atomic E-state index is -4.38. The lowest BCUT2D eigenvalue weighted by molar-refractivity contribution is -0.161. The molecule has 0 aromatic carbocycles. The molecule has 0 aliphatic rings. The van der Waals surface area contributed by atoms with Gasteiger partial charge in [-0.1, -0.05) is 127 Å². The van der Waals surface area contributed by atoms with Gasteiger partial charge in [0.1, 0.15) is 6.61 Å². The lowest BCUT2D eigenvalue weighted by atomic mass is 10.1. The summed E-state index contributed by atoms with van der Waals surface area (Å²) in [5.41, 5.74) is 5.33. The second-order valence-corrected chi connectivity index (χ2v) is 14.6. The highest BCUT2D eigenvalue weighted by Gasteiger charge is 2.25. The SMILES string of the molecule is CCCCC/C=C/C/C=C/C/C=C/CCCCC(=O)O[C@H](COC(=O)CCCCCCCCC/C=C/CCCCCC)COP(=O)(O)OCCN. The molecule has 0 aliphatic heterocycles. The number of carbonyl (C=O) groups excluding carboxylic acids is 2. The lowest BCUT2D eigenvalue weighted by Gasteiger charge is -2.19. The summed E-state index contributed by atoms with van der Waals surface area (Å²) in [5.74, 6) is -0.881. The number of nitrogens with two attached hydrogens (primary N) is 1. The molecule has 0 heterocycles. The van der Waals surface area contributed by atoms with Crippen molar-refractivity contribution in [2.75, 3.05) is 26.4 Å². The quantitative estimate of drug-likeness (QED) is 0.0276. The van der Waals surface area contributed by atoms with Crippen molar-refractivity contribution < 1.29 is 37.6 Å². The van der Waals surface area contributed by atoms with E-state index in [4.69, 9.17) is 24.3 Å². The maximum absolute atomic E-state index is 12.5. The molecule has 9 nitrogen and oxygen atoms in total. The Labute approximate surface area is 311 Å². The number of ether oxygens (including phenoxy) is 2. The third kappa shape index (κ3) is 37.5. The summed E-state index contributed by atoms with van der Waals surface area (Å²) < 4.78 is 32.6. The molecule has 3 N–H and O–H groups in total. The molecular weight excluding hydrogens is 665 g/mol. The van der Waals surface area contributed by atoms with Crippen LogP contribution in [0.4, 0.5) is 0 Å². The van der Waals surface area contributed by atoms with Gasteiger partial charge in [-0.15, -0.1) is 0 Å². The van der Waals surface area contributed by atoms with Gasteiger partial charge in [0, 0.05) is 19.4 Å². The van der Waals surface area contributed by atoms with E-state index in [1.54, 1.807) is 0 Å². The van der Waals surface area contributed by atoms with E-state index < -0.39 is 32.5 Å². The number of unbranched alkanes of at least 4 members (excludes halogenated alkanes) is 16. The third-order valence-corrected chi connectivity index (χ3v) is 9.17. The van der Waals surface area contributed by atoms with E-state index in [2.05, 4.69) is 62.5 Å². The second-order valence-electron chi connectivity index (χ2n) is 13.1. The van der Waals surface area contributed by atoms with Gasteiger partial charge in [0.05, 0.1) is 13.2 Å². The maximum Gasteiger partial charge on any atom is 0.472 e. The number of rotatable bonds is 37. The first-order valence-electron chi connectivity index (χ1n) is 20.1. The van der Waals surface area contributed by atoms with E-state index in [9.17, 15) is 19.0 Å². The number of phosphoric ester groups is 1. The molecule has 0 aromatic heterocycles. The summed E-state index contributed by atoms with van der Waals surface area (Å²) in [6, 6.07) is 0. The molecule has 0 fully saturated rings. The molecular formula is C41H74NO8P. The highest BCUT2D eigenvalue weighted by molar-refractivity contribution is 7.47. The number of esters is 2. The standard InChI is InChI=1S/C41H74NO8P/c1-3-5-7-9-11-13-15-17-19-21-23-25-27-29-31-33-40(43)47-37-39(38-49-51(45,46)48-36-35-42)50-41(44)34-32-30-28-26-24-22-20-18-16-14-12-10-8-6-4-2/h12-15,18,20,24,26,39H,3-11,16-17,19,21-23,25,27-38,42H2,1-2H3,(H,45,46)/b14-12+,15-13+,20-18+,26-24+/t39-/m1/s1. The minimum absolute atomic E-state index is 0.0452. The molecule has 0 aromatic rings. The average Bonchev–Trinajstić information content (AvgIpc) is 3.11. The van der Waals surface area contributed by atoms with Crippen LogP contribution in [0, 0.1) is 0 Å². The molecule has 296 valence electrons. The van der Waals surface area contributed by atoms with Crippen molar-refractivity contribution in [3.63, 3.8) is 0 Å². The van der Waals surface area contributed by atoms with E-state index in [1.165, 1.54) is 70.6 Å². The van der Waals surface area contributed by atoms with E-state index in [0.717, 1.165) is 64.2 Å². The Morgan fingerprint density at radius 1 is 0.588 bits per heavy atom. The number of carbonyl (C=O) groups is 2. The number of allylic oxidation sites excluding steroid dienone is 8. The van der Waals surface area contributed by atoms with E-state index >= 15 is 0 Å². The highest BCUT2D eigenvalue weighted by Crippen LogP contribution is 2.43. The molecule has 0 saturated heterocycles.